The highest BCUT2D eigenvalue weighted by Gasteiger charge is 2.28. The van der Waals surface area contributed by atoms with Crippen molar-refractivity contribution in [3.8, 4) is 0 Å². The molecule has 2 aromatic carbocycles. The molecule has 2 aromatic rings. The Bertz CT molecular complexity index is 914. The van der Waals surface area contributed by atoms with E-state index in [1.165, 1.54) is 6.08 Å². The molecule has 1 fully saturated rings. The van der Waals surface area contributed by atoms with Crippen molar-refractivity contribution >= 4 is 46.8 Å². The zero-order chi connectivity index (χ0) is 20.1. The van der Waals surface area contributed by atoms with Crippen molar-refractivity contribution in [1.29, 1.82) is 0 Å². The van der Waals surface area contributed by atoms with Crippen molar-refractivity contribution in [1.82, 2.24) is 4.90 Å². The number of carbonyl (C=O) groups is 2. The van der Waals surface area contributed by atoms with Crippen molar-refractivity contribution in [2.45, 2.75) is 25.4 Å². The Kier molecular flexibility index (Phi) is 6.73. The maximum absolute atomic E-state index is 12.2. The van der Waals surface area contributed by atoms with E-state index in [9.17, 15) is 9.59 Å². The van der Waals surface area contributed by atoms with E-state index in [0.717, 1.165) is 24.9 Å². The van der Waals surface area contributed by atoms with Crippen LogP contribution in [0, 0.1) is 0 Å². The second-order valence-electron chi connectivity index (χ2n) is 6.70. The molecule has 1 atom stereocenters. The molecule has 1 aliphatic heterocycles. The maximum Gasteiger partial charge on any atom is 0.248 e. The minimum absolute atomic E-state index is 0.219. The first-order chi connectivity index (χ1) is 13.4. The molecule has 1 heterocycles. The number of carbonyl (C=O) groups excluding carboxylic acids is 2. The summed E-state index contributed by atoms with van der Waals surface area (Å²) in [5.41, 5.74) is 7.83. The molecule has 5 nitrogen and oxygen atoms in total. The average molecular weight is 418 g/mol. The molecule has 0 spiro atoms. The lowest BCUT2D eigenvalue weighted by Crippen LogP contribution is -2.39. The smallest absolute Gasteiger partial charge is 0.248 e. The third-order valence-electron chi connectivity index (χ3n) is 4.67. The molecule has 3 N–H and O–H groups in total. The third-order valence-corrected chi connectivity index (χ3v) is 5.50. The SMILES string of the molecule is NC(=O)C1CCCN1Cc1cccc(NC(=O)/C=C/c2cccc(Cl)c2Cl)c1. The van der Waals surface area contributed by atoms with Crippen molar-refractivity contribution in [3.63, 3.8) is 0 Å². The number of anilines is 1. The number of nitrogens with zero attached hydrogens (tertiary/aromatic N) is 1. The number of benzene rings is 2. The molecule has 0 radical (unpaired) electrons. The van der Waals surface area contributed by atoms with E-state index in [4.69, 9.17) is 28.9 Å². The summed E-state index contributed by atoms with van der Waals surface area (Å²) in [4.78, 5) is 25.9. The number of likely N-dealkylation sites (tertiary alicyclic amines) is 1. The van der Waals surface area contributed by atoms with Crippen molar-refractivity contribution in [2.75, 3.05) is 11.9 Å². The van der Waals surface area contributed by atoms with Crippen LogP contribution in [0.1, 0.15) is 24.0 Å². The Balaban J connectivity index is 1.64. The van der Waals surface area contributed by atoms with Gasteiger partial charge in [-0.1, -0.05) is 47.5 Å². The van der Waals surface area contributed by atoms with E-state index in [-0.39, 0.29) is 17.9 Å². The minimum Gasteiger partial charge on any atom is -0.368 e. The number of hydrogen-bond acceptors (Lipinski definition) is 3. The summed E-state index contributed by atoms with van der Waals surface area (Å²) < 4.78 is 0. The predicted octanol–water partition coefficient (Wildman–Crippen LogP) is 4.10. The second kappa shape index (κ2) is 9.24. The largest absolute Gasteiger partial charge is 0.368 e. The number of amides is 2. The normalized spacial score (nSPS) is 17.1. The lowest BCUT2D eigenvalue weighted by atomic mass is 10.1. The van der Waals surface area contributed by atoms with Gasteiger partial charge in [-0.3, -0.25) is 14.5 Å². The van der Waals surface area contributed by atoms with Crippen molar-refractivity contribution in [2.24, 2.45) is 5.73 Å². The van der Waals surface area contributed by atoms with Gasteiger partial charge in [0.25, 0.3) is 0 Å². The van der Waals surface area contributed by atoms with Crippen LogP contribution in [-0.4, -0.2) is 29.3 Å². The Morgan fingerprint density at radius 3 is 2.79 bits per heavy atom. The molecule has 2 amide bonds. The number of primary amides is 1. The first-order valence-electron chi connectivity index (χ1n) is 8.99. The summed E-state index contributed by atoms with van der Waals surface area (Å²) in [5, 5.41) is 3.68. The summed E-state index contributed by atoms with van der Waals surface area (Å²) in [5.74, 6) is -0.559. The van der Waals surface area contributed by atoms with Gasteiger partial charge in [-0.2, -0.15) is 0 Å². The van der Waals surface area contributed by atoms with Crippen LogP contribution in [0.25, 0.3) is 6.08 Å². The van der Waals surface area contributed by atoms with Gasteiger partial charge in [-0.15, -0.1) is 0 Å². The first-order valence-corrected chi connectivity index (χ1v) is 9.75. The number of nitrogens with two attached hydrogens (primary N) is 1. The highest BCUT2D eigenvalue weighted by Crippen LogP contribution is 2.26. The van der Waals surface area contributed by atoms with Crippen LogP contribution in [0.3, 0.4) is 0 Å². The maximum atomic E-state index is 12.2. The molecule has 0 bridgehead atoms. The van der Waals surface area contributed by atoms with E-state index in [1.807, 2.05) is 24.3 Å². The Labute approximate surface area is 174 Å². The molecule has 0 aliphatic carbocycles. The molecule has 1 saturated heterocycles. The van der Waals surface area contributed by atoms with Gasteiger partial charge in [-0.25, -0.2) is 0 Å². The van der Waals surface area contributed by atoms with E-state index < -0.39 is 0 Å². The summed E-state index contributed by atoms with van der Waals surface area (Å²) in [6, 6.07) is 12.6. The van der Waals surface area contributed by atoms with E-state index in [2.05, 4.69) is 10.2 Å². The lowest BCUT2D eigenvalue weighted by Gasteiger charge is -2.22. The molecule has 1 unspecified atom stereocenters. The number of hydrogen-bond donors (Lipinski definition) is 2. The second-order valence-corrected chi connectivity index (χ2v) is 7.48. The monoisotopic (exact) mass is 417 g/mol. The summed E-state index contributed by atoms with van der Waals surface area (Å²) >= 11 is 12.1. The minimum atomic E-state index is -0.285. The van der Waals surface area contributed by atoms with Gasteiger partial charge in [0.15, 0.2) is 0 Å². The van der Waals surface area contributed by atoms with Crippen molar-refractivity contribution < 1.29 is 9.59 Å². The Hall–Kier alpha value is -2.34. The number of rotatable bonds is 6. The fraction of sp³-hybridized carbons (Fsp3) is 0.238. The summed E-state index contributed by atoms with van der Waals surface area (Å²) in [6.07, 6.45) is 4.78. The predicted molar refractivity (Wildman–Crippen MR) is 113 cm³/mol. The van der Waals surface area contributed by atoms with Crippen LogP contribution in [0.4, 0.5) is 5.69 Å². The Morgan fingerprint density at radius 2 is 2.00 bits per heavy atom. The molecular weight excluding hydrogens is 397 g/mol. The molecular formula is C21H21Cl2N3O2. The van der Waals surface area contributed by atoms with Crippen LogP contribution < -0.4 is 11.1 Å². The lowest BCUT2D eigenvalue weighted by molar-refractivity contribution is -0.122. The quantitative estimate of drug-likeness (QED) is 0.694. The van der Waals surface area contributed by atoms with Crippen LogP contribution in [0.15, 0.2) is 48.5 Å². The third kappa shape index (κ3) is 5.13. The topological polar surface area (TPSA) is 75.4 Å². The number of halogens is 2. The van der Waals surface area contributed by atoms with Crippen LogP contribution in [-0.2, 0) is 16.1 Å². The molecule has 28 heavy (non-hydrogen) atoms. The van der Waals surface area contributed by atoms with E-state index >= 15 is 0 Å². The van der Waals surface area contributed by atoms with Gasteiger partial charge < -0.3 is 11.1 Å². The van der Waals surface area contributed by atoms with Gasteiger partial charge in [0, 0.05) is 18.3 Å². The highest BCUT2D eigenvalue weighted by molar-refractivity contribution is 6.42. The zero-order valence-electron chi connectivity index (χ0n) is 15.2. The molecule has 7 heteroatoms. The fourth-order valence-corrected chi connectivity index (χ4v) is 3.69. The first kappa shape index (κ1) is 20.4. The van der Waals surface area contributed by atoms with Gasteiger partial charge in [0.05, 0.1) is 16.1 Å². The zero-order valence-corrected chi connectivity index (χ0v) is 16.7. The van der Waals surface area contributed by atoms with Gasteiger partial charge >= 0.3 is 0 Å². The molecule has 1 aliphatic rings. The van der Waals surface area contributed by atoms with E-state index in [1.54, 1.807) is 24.3 Å². The molecule has 0 saturated carbocycles. The fourth-order valence-electron chi connectivity index (χ4n) is 3.32. The molecule has 0 aromatic heterocycles. The highest BCUT2D eigenvalue weighted by atomic mass is 35.5. The van der Waals surface area contributed by atoms with Crippen LogP contribution in [0.2, 0.25) is 10.0 Å². The summed E-state index contributed by atoms with van der Waals surface area (Å²) in [7, 11) is 0. The van der Waals surface area contributed by atoms with E-state index in [0.29, 0.717) is 27.8 Å². The van der Waals surface area contributed by atoms with Crippen molar-refractivity contribution in [3.05, 3.63) is 69.7 Å². The van der Waals surface area contributed by atoms with Gasteiger partial charge in [0.2, 0.25) is 11.8 Å². The Morgan fingerprint density at radius 1 is 1.21 bits per heavy atom. The standard InChI is InChI=1S/C21H21Cl2N3O2/c22-17-7-2-5-15(20(17)23)9-10-19(27)25-16-6-1-4-14(12-16)13-26-11-3-8-18(26)21(24)28/h1-2,4-7,9-10,12,18H,3,8,11,13H2,(H2,24,28)(H,25,27)/b10-9+. The molecule has 3 rings (SSSR count). The van der Waals surface area contributed by atoms with Gasteiger partial charge in [-0.05, 0) is 54.8 Å². The average Bonchev–Trinajstić information content (AvgIpc) is 3.11. The molecule has 146 valence electrons. The van der Waals surface area contributed by atoms with Crippen LogP contribution in [0.5, 0.6) is 0 Å². The van der Waals surface area contributed by atoms with Gasteiger partial charge in [0.1, 0.15) is 0 Å². The number of nitrogens with one attached hydrogen (secondary N) is 1. The summed E-state index contributed by atoms with van der Waals surface area (Å²) in [6.45, 7) is 1.46. The van der Waals surface area contributed by atoms with Crippen LogP contribution >= 0.6 is 23.2 Å².